The topological polar surface area (TPSA) is 21.3 Å². The lowest BCUT2D eigenvalue weighted by Crippen LogP contribution is -2.43. The van der Waals surface area contributed by atoms with E-state index >= 15 is 0 Å². The molecule has 2 unspecified atom stereocenters. The zero-order chi connectivity index (χ0) is 11.0. The van der Waals surface area contributed by atoms with Crippen molar-refractivity contribution in [1.29, 1.82) is 0 Å². The van der Waals surface area contributed by atoms with Crippen molar-refractivity contribution in [2.24, 2.45) is 0 Å². The fourth-order valence-corrected chi connectivity index (χ4v) is 2.34. The maximum absolute atomic E-state index is 6.11. The molecule has 0 amide bonds. The quantitative estimate of drug-likeness (QED) is 0.835. The second kappa shape index (κ2) is 4.03. The molecule has 0 aromatic heterocycles. The van der Waals surface area contributed by atoms with Crippen LogP contribution in [-0.4, -0.2) is 13.2 Å². The molecule has 3 heteroatoms. The summed E-state index contributed by atoms with van der Waals surface area (Å²) in [4.78, 5) is 0. The van der Waals surface area contributed by atoms with E-state index in [1.807, 2.05) is 12.1 Å². The Hall–Kier alpha value is -0.730. The molecule has 0 radical (unpaired) electrons. The number of hydrogen-bond donors (Lipinski definition) is 1. The zero-order valence-electron chi connectivity index (χ0n) is 9.30. The van der Waals surface area contributed by atoms with E-state index in [1.165, 1.54) is 17.5 Å². The number of aryl methyl sites for hydroxylation is 1. The summed E-state index contributed by atoms with van der Waals surface area (Å²) in [6, 6.07) is 5.10. The van der Waals surface area contributed by atoms with Crippen LogP contribution in [0, 0.1) is 6.92 Å². The molecule has 1 heterocycles. The average Bonchev–Trinajstić information content (AvgIpc) is 2.16. The molecule has 2 rings (SSSR count). The third-order valence-corrected chi connectivity index (χ3v) is 3.29. The van der Waals surface area contributed by atoms with Crippen molar-refractivity contribution >= 4 is 11.6 Å². The highest BCUT2D eigenvalue weighted by atomic mass is 35.5. The maximum Gasteiger partial charge on any atom is 0.137 e. The Kier molecular flexibility index (Phi) is 2.89. The lowest BCUT2D eigenvalue weighted by molar-refractivity contribution is 0.286. The van der Waals surface area contributed by atoms with E-state index in [4.69, 9.17) is 16.3 Å². The molecule has 1 aromatic carbocycles. The second-order valence-corrected chi connectivity index (χ2v) is 4.61. The van der Waals surface area contributed by atoms with Crippen molar-refractivity contribution in [2.45, 2.75) is 32.4 Å². The number of rotatable bonds is 2. The van der Waals surface area contributed by atoms with Crippen LogP contribution < -0.4 is 10.1 Å². The van der Waals surface area contributed by atoms with Crippen LogP contribution >= 0.6 is 11.6 Å². The first-order valence-corrected chi connectivity index (χ1v) is 5.59. The smallest absolute Gasteiger partial charge is 0.137 e. The van der Waals surface area contributed by atoms with Gasteiger partial charge in [0.05, 0.1) is 12.1 Å². The van der Waals surface area contributed by atoms with Crippen LogP contribution in [0.15, 0.2) is 12.1 Å². The van der Waals surface area contributed by atoms with E-state index in [-0.39, 0.29) is 0 Å². The van der Waals surface area contributed by atoms with Gasteiger partial charge in [0.1, 0.15) is 5.75 Å². The Morgan fingerprint density at radius 2 is 2.13 bits per heavy atom. The number of ether oxygens (including phenoxy) is 1. The minimum Gasteiger partial charge on any atom is -0.495 e. The van der Waals surface area contributed by atoms with Gasteiger partial charge in [-0.2, -0.15) is 0 Å². The van der Waals surface area contributed by atoms with E-state index < -0.39 is 0 Å². The van der Waals surface area contributed by atoms with Crippen molar-refractivity contribution in [3.63, 3.8) is 0 Å². The fraction of sp³-hybridized carbons (Fsp3) is 0.500. The van der Waals surface area contributed by atoms with Gasteiger partial charge in [-0.1, -0.05) is 11.6 Å². The van der Waals surface area contributed by atoms with Gasteiger partial charge in [0.2, 0.25) is 0 Å². The van der Waals surface area contributed by atoms with Crippen LogP contribution in [0.5, 0.6) is 5.75 Å². The first-order valence-electron chi connectivity index (χ1n) is 5.22. The van der Waals surface area contributed by atoms with Crippen molar-refractivity contribution in [3.05, 3.63) is 28.3 Å². The molecular weight excluding hydrogens is 210 g/mol. The van der Waals surface area contributed by atoms with Crippen LogP contribution in [0.1, 0.15) is 30.5 Å². The summed E-state index contributed by atoms with van der Waals surface area (Å²) < 4.78 is 5.18. The summed E-state index contributed by atoms with van der Waals surface area (Å²) in [6.07, 6.45) is 1.18. The highest BCUT2D eigenvalue weighted by Crippen LogP contribution is 2.35. The van der Waals surface area contributed by atoms with Gasteiger partial charge < -0.3 is 10.1 Å². The monoisotopic (exact) mass is 225 g/mol. The lowest BCUT2D eigenvalue weighted by Gasteiger charge is -2.36. The Labute approximate surface area is 95.6 Å². The minimum absolute atomic E-state index is 0.461. The molecule has 1 saturated heterocycles. The van der Waals surface area contributed by atoms with Crippen LogP contribution in [0.25, 0.3) is 0 Å². The molecule has 2 nitrogen and oxygen atoms in total. The van der Waals surface area contributed by atoms with Crippen molar-refractivity contribution in [2.75, 3.05) is 7.11 Å². The van der Waals surface area contributed by atoms with Gasteiger partial charge in [-0.15, -0.1) is 0 Å². The lowest BCUT2D eigenvalue weighted by atomic mass is 9.89. The second-order valence-electron chi connectivity index (χ2n) is 4.20. The summed E-state index contributed by atoms with van der Waals surface area (Å²) in [7, 11) is 1.64. The number of methoxy groups -OCH3 is 1. The number of halogens is 1. The molecule has 0 saturated carbocycles. The highest BCUT2D eigenvalue weighted by Gasteiger charge is 2.27. The molecule has 1 fully saturated rings. The van der Waals surface area contributed by atoms with E-state index in [1.54, 1.807) is 7.11 Å². The summed E-state index contributed by atoms with van der Waals surface area (Å²) >= 11 is 6.11. The Balaban J connectivity index is 2.29. The van der Waals surface area contributed by atoms with Gasteiger partial charge in [-0.3, -0.25) is 0 Å². The third kappa shape index (κ3) is 1.97. The van der Waals surface area contributed by atoms with Crippen molar-refractivity contribution < 1.29 is 4.74 Å². The van der Waals surface area contributed by atoms with E-state index in [0.717, 1.165) is 5.75 Å². The van der Waals surface area contributed by atoms with Crippen molar-refractivity contribution in [3.8, 4) is 5.75 Å². The predicted octanol–water partition coefficient (Wildman–Crippen LogP) is 3.08. The summed E-state index contributed by atoms with van der Waals surface area (Å²) in [5.74, 6) is 0.755. The Morgan fingerprint density at radius 3 is 2.67 bits per heavy atom. The largest absolute Gasteiger partial charge is 0.495 e. The van der Waals surface area contributed by atoms with Gasteiger partial charge in [0.25, 0.3) is 0 Å². The Bertz CT molecular complexity index is 372. The van der Waals surface area contributed by atoms with Crippen LogP contribution in [0.4, 0.5) is 0 Å². The van der Waals surface area contributed by atoms with Crippen LogP contribution in [0.3, 0.4) is 0 Å². The first-order chi connectivity index (χ1) is 7.11. The summed E-state index contributed by atoms with van der Waals surface area (Å²) in [5, 5.41) is 4.16. The molecule has 82 valence electrons. The molecule has 0 aliphatic carbocycles. The number of nitrogens with one attached hydrogen (secondary N) is 1. The molecular formula is C12H16ClNO. The van der Waals surface area contributed by atoms with E-state index in [0.29, 0.717) is 17.1 Å². The number of hydrogen-bond acceptors (Lipinski definition) is 2. The van der Waals surface area contributed by atoms with Gasteiger partial charge in [-0.25, -0.2) is 0 Å². The first kappa shape index (κ1) is 10.8. The third-order valence-electron chi connectivity index (χ3n) is 2.99. The standard InChI is InChI=1S/C12H16ClNO/c1-7-4-12(15-3)10(13)6-9(7)11-5-8(2)14-11/h4,6,8,11,14H,5H2,1-3H3. The van der Waals surface area contributed by atoms with Crippen LogP contribution in [-0.2, 0) is 0 Å². The SMILES string of the molecule is COc1cc(C)c(C2CC(C)N2)cc1Cl. The fourth-order valence-electron chi connectivity index (χ4n) is 2.09. The minimum atomic E-state index is 0.461. The summed E-state index contributed by atoms with van der Waals surface area (Å²) in [5.41, 5.74) is 2.53. The van der Waals surface area contributed by atoms with Crippen molar-refractivity contribution in [1.82, 2.24) is 5.32 Å². The van der Waals surface area contributed by atoms with E-state index in [2.05, 4.69) is 19.2 Å². The van der Waals surface area contributed by atoms with Gasteiger partial charge in [-0.05, 0) is 43.5 Å². The summed E-state index contributed by atoms with van der Waals surface area (Å²) in [6.45, 7) is 4.29. The average molecular weight is 226 g/mol. The Morgan fingerprint density at radius 1 is 1.47 bits per heavy atom. The molecule has 0 spiro atoms. The molecule has 1 aliphatic rings. The molecule has 2 atom stereocenters. The molecule has 0 bridgehead atoms. The maximum atomic E-state index is 6.11. The predicted molar refractivity (Wildman–Crippen MR) is 62.7 cm³/mol. The van der Waals surface area contributed by atoms with Gasteiger partial charge in [0.15, 0.2) is 0 Å². The van der Waals surface area contributed by atoms with Crippen LogP contribution in [0.2, 0.25) is 5.02 Å². The number of benzene rings is 1. The normalized spacial score (nSPS) is 24.8. The van der Waals surface area contributed by atoms with Gasteiger partial charge in [0, 0.05) is 12.1 Å². The zero-order valence-corrected chi connectivity index (χ0v) is 10.1. The molecule has 15 heavy (non-hydrogen) atoms. The molecule has 1 aliphatic heterocycles. The molecule has 1 aromatic rings. The molecule has 1 N–H and O–H groups in total. The van der Waals surface area contributed by atoms with Gasteiger partial charge >= 0.3 is 0 Å². The highest BCUT2D eigenvalue weighted by molar-refractivity contribution is 6.32. The van der Waals surface area contributed by atoms with E-state index in [9.17, 15) is 0 Å².